The Balaban J connectivity index is 1.72. The van der Waals surface area contributed by atoms with Crippen LogP contribution in [0.5, 0.6) is 0 Å². The molecule has 0 spiro atoms. The number of aromatic nitrogens is 3. The van der Waals surface area contributed by atoms with Gasteiger partial charge in [0.1, 0.15) is 5.69 Å². The minimum atomic E-state index is -0.295. The molecule has 0 atom stereocenters. The minimum absolute atomic E-state index is 0.258. The first-order valence-corrected chi connectivity index (χ1v) is 9.80. The van der Waals surface area contributed by atoms with Crippen LogP contribution in [0, 0.1) is 20.8 Å². The molecule has 2 heterocycles. The zero-order valence-corrected chi connectivity index (χ0v) is 17.5. The van der Waals surface area contributed by atoms with Crippen molar-refractivity contribution in [3.63, 3.8) is 0 Å². The quantitative estimate of drug-likeness (QED) is 0.560. The average molecular weight is 400 g/mol. The molecule has 2 aromatic heterocycles. The van der Waals surface area contributed by atoms with Crippen LogP contribution in [-0.4, -0.2) is 19.8 Å². The molecule has 1 amide bonds. The molecule has 30 heavy (non-hydrogen) atoms. The highest BCUT2D eigenvalue weighted by atomic mass is 16.2. The number of hydrogen-bond donors (Lipinski definition) is 1. The van der Waals surface area contributed by atoms with Crippen LogP contribution < -0.4 is 10.9 Å². The van der Waals surface area contributed by atoms with Crippen LogP contribution in [0.25, 0.3) is 11.4 Å². The molecule has 0 aliphatic heterocycles. The number of aryl methyl sites for hydroxylation is 1. The van der Waals surface area contributed by atoms with Gasteiger partial charge in [0.2, 0.25) is 0 Å². The maximum absolute atomic E-state index is 13.1. The summed E-state index contributed by atoms with van der Waals surface area (Å²) in [7, 11) is 1.81. The topological polar surface area (TPSA) is 61.0 Å². The van der Waals surface area contributed by atoms with Gasteiger partial charge in [-0.3, -0.25) is 14.3 Å². The normalized spacial score (nSPS) is 10.9. The fourth-order valence-corrected chi connectivity index (χ4v) is 3.86. The summed E-state index contributed by atoms with van der Waals surface area (Å²) in [4.78, 5) is 26.2. The summed E-state index contributed by atoms with van der Waals surface area (Å²) in [6.07, 6.45) is 0. The lowest BCUT2D eigenvalue weighted by Gasteiger charge is -2.09. The fraction of sp³-hybridized carbons (Fsp3) is 0.167. The Kier molecular flexibility index (Phi) is 4.91. The highest BCUT2D eigenvalue weighted by Gasteiger charge is 2.22. The van der Waals surface area contributed by atoms with Gasteiger partial charge in [0.05, 0.1) is 16.9 Å². The van der Waals surface area contributed by atoms with Crippen LogP contribution in [-0.2, 0) is 7.05 Å². The highest BCUT2D eigenvalue weighted by molar-refractivity contribution is 6.05. The van der Waals surface area contributed by atoms with Crippen molar-refractivity contribution in [2.45, 2.75) is 20.8 Å². The molecule has 0 aliphatic carbocycles. The Morgan fingerprint density at radius 1 is 0.833 bits per heavy atom. The van der Waals surface area contributed by atoms with E-state index in [4.69, 9.17) is 0 Å². The largest absolute Gasteiger partial charge is 0.318 e. The molecule has 0 saturated carbocycles. The van der Waals surface area contributed by atoms with Crippen LogP contribution in [0.1, 0.15) is 27.4 Å². The van der Waals surface area contributed by atoms with Gasteiger partial charge >= 0.3 is 0 Å². The zero-order chi connectivity index (χ0) is 21.4. The summed E-state index contributed by atoms with van der Waals surface area (Å²) in [6, 6.07) is 21.1. The van der Waals surface area contributed by atoms with Crippen molar-refractivity contribution in [3.8, 4) is 11.4 Å². The van der Waals surface area contributed by atoms with Gasteiger partial charge in [-0.25, -0.2) is 4.68 Å². The van der Waals surface area contributed by atoms with E-state index >= 15 is 0 Å². The number of para-hydroxylation sites is 2. The zero-order valence-electron chi connectivity index (χ0n) is 17.5. The van der Waals surface area contributed by atoms with Crippen molar-refractivity contribution in [3.05, 3.63) is 99.7 Å². The predicted octanol–water partition coefficient (Wildman–Crippen LogP) is 4.14. The van der Waals surface area contributed by atoms with Gasteiger partial charge in [-0.2, -0.15) is 0 Å². The third-order valence-electron chi connectivity index (χ3n) is 5.48. The predicted molar refractivity (Wildman–Crippen MR) is 119 cm³/mol. The number of rotatable bonds is 4. The molecule has 0 aliphatic rings. The molecule has 6 nitrogen and oxygen atoms in total. The van der Waals surface area contributed by atoms with E-state index in [1.54, 1.807) is 16.4 Å². The Hall–Kier alpha value is -3.80. The average Bonchev–Trinajstić information content (AvgIpc) is 3.16. The molecule has 1 N–H and O–H groups in total. The van der Waals surface area contributed by atoms with Crippen LogP contribution >= 0.6 is 0 Å². The first kappa shape index (κ1) is 19.5. The summed E-state index contributed by atoms with van der Waals surface area (Å²) >= 11 is 0. The van der Waals surface area contributed by atoms with Gasteiger partial charge in [0, 0.05) is 24.1 Å². The molecule has 152 valence electrons. The number of carbonyl (C=O) groups is 1. The first-order chi connectivity index (χ1) is 14.4. The van der Waals surface area contributed by atoms with Crippen molar-refractivity contribution in [2.75, 3.05) is 5.32 Å². The molecule has 0 radical (unpaired) electrons. The van der Waals surface area contributed by atoms with Crippen molar-refractivity contribution in [2.24, 2.45) is 7.05 Å². The number of amides is 1. The first-order valence-electron chi connectivity index (χ1n) is 9.80. The van der Waals surface area contributed by atoms with Crippen LogP contribution in [0.3, 0.4) is 0 Å². The lowest BCUT2D eigenvalue weighted by molar-refractivity contribution is 0.102. The molecule has 0 unspecified atom stereocenters. The number of nitrogens with one attached hydrogen (secondary N) is 1. The number of hydrogen-bond acceptors (Lipinski definition) is 2. The second-order valence-corrected chi connectivity index (χ2v) is 7.35. The number of benzene rings is 2. The fourth-order valence-electron chi connectivity index (χ4n) is 3.86. The molecule has 6 heteroatoms. The molecule has 0 fully saturated rings. The summed E-state index contributed by atoms with van der Waals surface area (Å²) in [5, 5.41) is 2.85. The van der Waals surface area contributed by atoms with Gasteiger partial charge in [-0.05, 0) is 51.1 Å². The molecule has 2 aromatic carbocycles. The number of carbonyl (C=O) groups excluding carboxylic acids is 1. The van der Waals surface area contributed by atoms with E-state index in [0.717, 1.165) is 22.8 Å². The maximum atomic E-state index is 13.1. The van der Waals surface area contributed by atoms with E-state index in [-0.39, 0.29) is 17.2 Å². The van der Waals surface area contributed by atoms with Crippen LogP contribution in [0.15, 0.2) is 71.5 Å². The number of nitrogens with zero attached hydrogens (tertiary/aromatic N) is 3. The van der Waals surface area contributed by atoms with Gasteiger partial charge in [0.25, 0.3) is 11.5 Å². The van der Waals surface area contributed by atoms with E-state index < -0.39 is 0 Å². The Morgan fingerprint density at radius 2 is 1.40 bits per heavy atom. The Labute approximate surface area is 175 Å². The molecule has 4 rings (SSSR count). The highest BCUT2D eigenvalue weighted by Crippen LogP contribution is 2.22. The van der Waals surface area contributed by atoms with E-state index in [1.807, 2.05) is 92.1 Å². The molecular weight excluding hydrogens is 376 g/mol. The maximum Gasteiger partial charge on any atom is 0.295 e. The Morgan fingerprint density at radius 3 is 2.00 bits per heavy atom. The van der Waals surface area contributed by atoms with Crippen molar-refractivity contribution >= 4 is 11.6 Å². The number of anilines is 1. The summed E-state index contributed by atoms with van der Waals surface area (Å²) in [5.74, 6) is -0.295. The minimum Gasteiger partial charge on any atom is -0.318 e. The lowest BCUT2D eigenvalue weighted by atomic mass is 10.2. The second kappa shape index (κ2) is 7.55. The third-order valence-corrected chi connectivity index (χ3v) is 5.48. The summed E-state index contributed by atoms with van der Waals surface area (Å²) in [5.41, 5.74) is 4.79. The van der Waals surface area contributed by atoms with E-state index in [1.165, 1.54) is 0 Å². The molecule has 4 aromatic rings. The molecule has 0 bridgehead atoms. The van der Waals surface area contributed by atoms with E-state index in [0.29, 0.717) is 11.3 Å². The molecule has 0 saturated heterocycles. The van der Waals surface area contributed by atoms with Crippen LogP contribution in [0.2, 0.25) is 0 Å². The SMILES string of the molecule is Cc1cc(C(=O)Nc2c(C)n(C)n(-c3ccccc3)c2=O)c(C)n1-c1ccccc1. The van der Waals surface area contributed by atoms with Crippen molar-refractivity contribution in [1.29, 1.82) is 0 Å². The van der Waals surface area contributed by atoms with Crippen molar-refractivity contribution in [1.82, 2.24) is 13.9 Å². The standard InChI is InChI=1S/C24H24N4O2/c1-16-15-21(17(2)27(16)19-11-7-5-8-12-19)23(29)25-22-18(3)26(4)28(24(22)30)20-13-9-6-10-14-20/h5-15H,1-4H3,(H,25,29). The van der Waals surface area contributed by atoms with E-state index in [9.17, 15) is 9.59 Å². The van der Waals surface area contributed by atoms with Gasteiger partial charge < -0.3 is 9.88 Å². The summed E-state index contributed by atoms with van der Waals surface area (Å²) < 4.78 is 5.34. The van der Waals surface area contributed by atoms with Gasteiger partial charge in [-0.1, -0.05) is 36.4 Å². The smallest absolute Gasteiger partial charge is 0.295 e. The van der Waals surface area contributed by atoms with Crippen molar-refractivity contribution < 1.29 is 4.79 Å². The summed E-state index contributed by atoms with van der Waals surface area (Å²) in [6.45, 7) is 5.70. The van der Waals surface area contributed by atoms with E-state index in [2.05, 4.69) is 5.32 Å². The lowest BCUT2D eigenvalue weighted by Crippen LogP contribution is -2.23. The van der Waals surface area contributed by atoms with Gasteiger partial charge in [0.15, 0.2) is 0 Å². The van der Waals surface area contributed by atoms with Gasteiger partial charge in [-0.15, -0.1) is 0 Å². The second-order valence-electron chi connectivity index (χ2n) is 7.35. The Bertz CT molecular complexity index is 1280. The van der Waals surface area contributed by atoms with Crippen LogP contribution in [0.4, 0.5) is 5.69 Å². The third kappa shape index (κ3) is 3.16. The monoisotopic (exact) mass is 400 g/mol. The molecular formula is C24H24N4O2.